The molecule has 7 nitrogen and oxygen atoms in total. The van der Waals surface area contributed by atoms with Gasteiger partial charge in [-0.25, -0.2) is 4.79 Å². The molecule has 21 heavy (non-hydrogen) atoms. The second-order valence-corrected chi connectivity index (χ2v) is 4.66. The van der Waals surface area contributed by atoms with Crippen molar-refractivity contribution in [1.29, 1.82) is 0 Å². The fourth-order valence-corrected chi connectivity index (χ4v) is 2.59. The van der Waals surface area contributed by atoms with E-state index in [4.69, 9.17) is 9.15 Å². The molecule has 3 aromatic rings. The first-order valence-corrected chi connectivity index (χ1v) is 6.18. The highest BCUT2D eigenvalue weighted by atomic mass is 16.5. The lowest BCUT2D eigenvalue weighted by Gasteiger charge is -2.11. The molecule has 0 aliphatic carbocycles. The van der Waals surface area contributed by atoms with Crippen LogP contribution in [0.15, 0.2) is 21.5 Å². The first kappa shape index (κ1) is 13.2. The summed E-state index contributed by atoms with van der Waals surface area (Å²) in [5, 5.41) is 10.9. The van der Waals surface area contributed by atoms with Gasteiger partial charge in [-0.15, -0.1) is 4.73 Å². The monoisotopic (exact) mass is 288 g/mol. The Kier molecular flexibility index (Phi) is 2.72. The number of carbonyl (C=O) groups is 1. The van der Waals surface area contributed by atoms with Crippen LogP contribution in [0.25, 0.3) is 21.9 Å². The van der Waals surface area contributed by atoms with Crippen LogP contribution in [0.2, 0.25) is 0 Å². The van der Waals surface area contributed by atoms with Crippen molar-refractivity contribution in [2.75, 3.05) is 7.11 Å². The minimum absolute atomic E-state index is 0.0253. The van der Waals surface area contributed by atoms with Crippen molar-refractivity contribution >= 4 is 27.8 Å². The van der Waals surface area contributed by atoms with E-state index in [0.717, 1.165) is 0 Å². The van der Waals surface area contributed by atoms with Gasteiger partial charge in [0.1, 0.15) is 0 Å². The van der Waals surface area contributed by atoms with Crippen LogP contribution in [0.5, 0.6) is 0 Å². The minimum Gasteiger partial charge on any atom is -0.465 e. The van der Waals surface area contributed by atoms with Crippen LogP contribution in [0, 0.1) is 13.8 Å². The Morgan fingerprint density at radius 2 is 2.05 bits per heavy atom. The number of carbonyl (C=O) groups excluding carboxylic acids is 1. The van der Waals surface area contributed by atoms with Crippen LogP contribution in [-0.2, 0) is 4.74 Å². The Morgan fingerprint density at radius 3 is 2.71 bits per heavy atom. The topological polar surface area (TPSA) is 94.6 Å². The zero-order valence-electron chi connectivity index (χ0n) is 11.6. The Morgan fingerprint density at radius 1 is 1.33 bits per heavy atom. The number of aromatic nitrogens is 2. The van der Waals surface area contributed by atoms with Crippen LogP contribution in [0.1, 0.15) is 21.7 Å². The number of nitrogens with zero attached hydrogens (tertiary/aromatic N) is 2. The predicted molar refractivity (Wildman–Crippen MR) is 73.8 cm³/mol. The summed E-state index contributed by atoms with van der Waals surface area (Å²) >= 11 is 0. The first-order valence-electron chi connectivity index (χ1n) is 6.18. The summed E-state index contributed by atoms with van der Waals surface area (Å²) in [6.07, 6.45) is 1.34. The maximum atomic E-state index is 12.3. The summed E-state index contributed by atoms with van der Waals surface area (Å²) in [5.41, 5.74) is 0.350. The molecule has 1 N–H and O–H groups in total. The molecule has 0 saturated heterocycles. The highest BCUT2D eigenvalue weighted by molar-refractivity contribution is 6.15. The highest BCUT2D eigenvalue weighted by Gasteiger charge is 2.23. The third-order valence-electron chi connectivity index (χ3n) is 3.46. The van der Waals surface area contributed by atoms with Crippen LogP contribution in [0.3, 0.4) is 0 Å². The zero-order chi connectivity index (χ0) is 15.3. The van der Waals surface area contributed by atoms with Gasteiger partial charge in [0.2, 0.25) is 5.71 Å². The van der Waals surface area contributed by atoms with E-state index in [-0.39, 0.29) is 16.7 Å². The van der Waals surface area contributed by atoms with Gasteiger partial charge in [-0.05, 0) is 19.9 Å². The van der Waals surface area contributed by atoms with Gasteiger partial charge in [-0.2, -0.15) is 0 Å². The predicted octanol–water partition coefficient (Wildman–Crippen LogP) is 1.78. The van der Waals surface area contributed by atoms with Crippen LogP contribution in [-0.4, -0.2) is 28.0 Å². The second kappa shape index (κ2) is 4.34. The minimum atomic E-state index is -0.692. The summed E-state index contributed by atoms with van der Waals surface area (Å²) in [6.45, 7) is 3.30. The molecule has 108 valence electrons. The smallest absolute Gasteiger partial charge is 0.340 e. The van der Waals surface area contributed by atoms with Gasteiger partial charge in [0.15, 0.2) is 0 Å². The molecule has 3 aromatic heterocycles. The van der Waals surface area contributed by atoms with E-state index < -0.39 is 11.5 Å². The van der Waals surface area contributed by atoms with Crippen molar-refractivity contribution in [3.63, 3.8) is 0 Å². The van der Waals surface area contributed by atoms with Gasteiger partial charge < -0.3 is 14.4 Å². The molecule has 0 fully saturated rings. The molecule has 0 radical (unpaired) electrons. The molecule has 0 saturated carbocycles. The highest BCUT2D eigenvalue weighted by Crippen LogP contribution is 2.29. The number of ether oxygens (including phenoxy) is 1. The van der Waals surface area contributed by atoms with Gasteiger partial charge in [0, 0.05) is 5.39 Å². The van der Waals surface area contributed by atoms with Gasteiger partial charge in [-0.1, -0.05) is 0 Å². The van der Waals surface area contributed by atoms with Crippen LogP contribution < -0.4 is 5.56 Å². The Bertz CT molecular complexity index is 952. The van der Waals surface area contributed by atoms with Crippen molar-refractivity contribution in [3.8, 4) is 0 Å². The molecule has 0 bridgehead atoms. The van der Waals surface area contributed by atoms with E-state index in [2.05, 4.69) is 4.98 Å². The van der Waals surface area contributed by atoms with Crippen molar-refractivity contribution in [1.82, 2.24) is 9.71 Å². The molecule has 7 heteroatoms. The third kappa shape index (κ3) is 1.63. The van der Waals surface area contributed by atoms with E-state index in [1.54, 1.807) is 19.9 Å². The SMILES string of the molecule is COC(=O)c1c(C)nc(C)c2c(=O)n(O)c3occc3c12. The van der Waals surface area contributed by atoms with Crippen LogP contribution >= 0.6 is 0 Å². The number of pyridine rings is 2. The lowest BCUT2D eigenvalue weighted by Crippen LogP contribution is -2.21. The van der Waals surface area contributed by atoms with Gasteiger partial charge >= 0.3 is 5.97 Å². The summed E-state index contributed by atoms with van der Waals surface area (Å²) in [6, 6.07) is 1.58. The Labute approximate surface area is 118 Å². The molecular weight excluding hydrogens is 276 g/mol. The molecule has 0 spiro atoms. The van der Waals surface area contributed by atoms with E-state index in [1.165, 1.54) is 13.4 Å². The summed E-state index contributed by atoms with van der Waals surface area (Å²) in [4.78, 5) is 28.6. The number of aryl methyl sites for hydroxylation is 2. The van der Waals surface area contributed by atoms with Crippen LogP contribution in [0.4, 0.5) is 0 Å². The molecule has 3 rings (SSSR count). The molecule has 0 amide bonds. The number of methoxy groups -OCH3 is 1. The molecule has 0 atom stereocenters. The Balaban J connectivity index is 2.72. The van der Waals surface area contributed by atoms with Gasteiger partial charge in [0.05, 0.1) is 41.1 Å². The zero-order valence-corrected chi connectivity index (χ0v) is 11.6. The van der Waals surface area contributed by atoms with E-state index >= 15 is 0 Å². The summed E-state index contributed by atoms with van der Waals surface area (Å²) in [5.74, 6) is -0.595. The largest absolute Gasteiger partial charge is 0.465 e. The lowest BCUT2D eigenvalue weighted by atomic mass is 10.0. The van der Waals surface area contributed by atoms with E-state index in [1.807, 2.05) is 0 Å². The molecule has 3 heterocycles. The van der Waals surface area contributed by atoms with Crippen molar-refractivity contribution < 1.29 is 19.2 Å². The van der Waals surface area contributed by atoms with E-state index in [0.29, 0.717) is 26.9 Å². The summed E-state index contributed by atoms with van der Waals surface area (Å²) < 4.78 is 10.3. The average Bonchev–Trinajstić information content (AvgIpc) is 2.93. The number of furan rings is 1. The quantitative estimate of drug-likeness (QED) is 0.542. The number of esters is 1. The van der Waals surface area contributed by atoms with E-state index in [9.17, 15) is 14.8 Å². The van der Waals surface area contributed by atoms with Gasteiger partial charge in [0.25, 0.3) is 5.56 Å². The number of hydrogen-bond acceptors (Lipinski definition) is 6. The first-order chi connectivity index (χ1) is 9.97. The lowest BCUT2D eigenvalue weighted by molar-refractivity contribution is 0.0601. The maximum Gasteiger partial charge on any atom is 0.340 e. The fourth-order valence-electron chi connectivity index (χ4n) is 2.59. The second-order valence-electron chi connectivity index (χ2n) is 4.66. The standard InChI is InChI=1S/C14H12N2O5/c1-6-9-11(10(7(2)15-6)14(18)20-3)8-4-5-21-13(8)16(19)12(9)17/h4-5,19H,1-3H3. The fraction of sp³-hybridized carbons (Fsp3) is 0.214. The van der Waals surface area contributed by atoms with Crippen molar-refractivity contribution in [2.45, 2.75) is 13.8 Å². The molecule has 0 aliphatic rings. The van der Waals surface area contributed by atoms with Crippen molar-refractivity contribution in [3.05, 3.63) is 39.6 Å². The van der Waals surface area contributed by atoms with Gasteiger partial charge in [-0.3, -0.25) is 9.78 Å². The summed E-state index contributed by atoms with van der Waals surface area (Å²) in [7, 11) is 1.26. The Hall–Kier alpha value is -2.83. The number of hydrogen-bond donors (Lipinski definition) is 1. The number of rotatable bonds is 1. The van der Waals surface area contributed by atoms with Crippen molar-refractivity contribution in [2.24, 2.45) is 0 Å². The molecule has 0 aliphatic heterocycles. The maximum absolute atomic E-state index is 12.3. The normalized spacial score (nSPS) is 11.2. The molecule has 0 aromatic carbocycles. The number of fused-ring (bicyclic) bond motifs is 3. The molecular formula is C14H12N2O5. The molecule has 0 unspecified atom stereocenters. The average molecular weight is 288 g/mol. The third-order valence-corrected chi connectivity index (χ3v) is 3.46.